The molecular formula is C21H26N2O3. The summed E-state index contributed by atoms with van der Waals surface area (Å²) >= 11 is 0. The molecule has 2 amide bonds. The third kappa shape index (κ3) is 5.34. The van der Waals surface area contributed by atoms with Gasteiger partial charge in [-0.1, -0.05) is 58.0 Å². The van der Waals surface area contributed by atoms with Crippen LogP contribution in [0.5, 0.6) is 5.75 Å². The molecule has 0 unspecified atom stereocenters. The summed E-state index contributed by atoms with van der Waals surface area (Å²) in [7, 11) is 0. The van der Waals surface area contributed by atoms with Crippen molar-refractivity contribution in [2.24, 2.45) is 0 Å². The maximum absolute atomic E-state index is 12.1. The molecular weight excluding hydrogens is 328 g/mol. The Morgan fingerprint density at radius 3 is 2.15 bits per heavy atom. The molecule has 0 atom stereocenters. The van der Waals surface area contributed by atoms with E-state index in [1.54, 1.807) is 12.1 Å². The number of nitrogens with one attached hydrogen (secondary N) is 2. The number of hydrogen-bond donors (Lipinski definition) is 2. The molecule has 2 aromatic rings. The lowest BCUT2D eigenvalue weighted by Crippen LogP contribution is -2.43. The Labute approximate surface area is 154 Å². The number of ether oxygens (including phenoxy) is 1. The van der Waals surface area contributed by atoms with Crippen molar-refractivity contribution in [3.05, 3.63) is 65.2 Å². The lowest BCUT2D eigenvalue weighted by Gasteiger charge is -2.14. The van der Waals surface area contributed by atoms with Crippen molar-refractivity contribution >= 4 is 11.8 Å². The molecule has 0 saturated heterocycles. The Kier molecular flexibility index (Phi) is 6.78. The van der Waals surface area contributed by atoms with E-state index in [1.807, 2.05) is 36.4 Å². The molecule has 2 aromatic carbocycles. The zero-order valence-electron chi connectivity index (χ0n) is 15.7. The van der Waals surface area contributed by atoms with E-state index < -0.39 is 5.91 Å². The van der Waals surface area contributed by atoms with Gasteiger partial charge in [-0.15, -0.1) is 0 Å². The Morgan fingerprint density at radius 2 is 1.54 bits per heavy atom. The second-order valence-corrected chi connectivity index (χ2v) is 6.76. The van der Waals surface area contributed by atoms with E-state index in [2.05, 4.69) is 38.5 Å². The fourth-order valence-corrected chi connectivity index (χ4v) is 2.49. The number of hydrogen-bond acceptors (Lipinski definition) is 3. The summed E-state index contributed by atoms with van der Waals surface area (Å²) in [6.45, 7) is 8.13. The first-order valence-electron chi connectivity index (χ1n) is 8.79. The maximum Gasteiger partial charge on any atom is 0.276 e. The molecule has 138 valence electrons. The number of carbonyl (C=O) groups is 2. The van der Waals surface area contributed by atoms with Gasteiger partial charge < -0.3 is 4.74 Å². The molecule has 5 nitrogen and oxygen atoms in total. The minimum absolute atomic E-state index is 0.170. The van der Waals surface area contributed by atoms with Crippen LogP contribution in [0, 0.1) is 0 Å². The normalized spacial score (nSPS) is 10.7. The first-order valence-corrected chi connectivity index (χ1v) is 8.79. The largest absolute Gasteiger partial charge is 0.483 e. The Balaban J connectivity index is 1.84. The number of para-hydroxylation sites is 1. The molecule has 0 radical (unpaired) electrons. The molecule has 0 saturated carbocycles. The highest BCUT2D eigenvalue weighted by Gasteiger charge is 2.11. The van der Waals surface area contributed by atoms with Gasteiger partial charge in [-0.3, -0.25) is 20.4 Å². The molecule has 0 bridgehead atoms. The molecule has 0 aliphatic rings. The number of amides is 2. The Bertz CT molecular complexity index is 752. The van der Waals surface area contributed by atoms with Gasteiger partial charge in [0.1, 0.15) is 5.75 Å². The average molecular weight is 354 g/mol. The summed E-state index contributed by atoms with van der Waals surface area (Å²) in [5.74, 6) is 0.584. The van der Waals surface area contributed by atoms with Crippen LogP contribution in [0.2, 0.25) is 0 Å². The molecule has 0 fully saturated rings. The number of benzene rings is 2. The minimum atomic E-state index is -0.421. The summed E-state index contributed by atoms with van der Waals surface area (Å²) in [4.78, 5) is 24.0. The zero-order chi connectivity index (χ0) is 19.1. The Morgan fingerprint density at radius 1 is 0.885 bits per heavy atom. The highest BCUT2D eigenvalue weighted by Crippen LogP contribution is 2.25. The van der Waals surface area contributed by atoms with Gasteiger partial charge in [0.25, 0.3) is 11.8 Å². The summed E-state index contributed by atoms with van der Waals surface area (Å²) in [5, 5.41) is 0. The molecule has 26 heavy (non-hydrogen) atoms. The average Bonchev–Trinajstić information content (AvgIpc) is 2.64. The van der Waals surface area contributed by atoms with Gasteiger partial charge >= 0.3 is 0 Å². The van der Waals surface area contributed by atoms with Crippen molar-refractivity contribution in [3.8, 4) is 5.75 Å². The lowest BCUT2D eigenvalue weighted by atomic mass is 10.0. The molecule has 0 aliphatic heterocycles. The quantitative estimate of drug-likeness (QED) is 0.776. The van der Waals surface area contributed by atoms with Gasteiger partial charge in [-0.2, -0.15) is 0 Å². The molecule has 2 rings (SSSR count). The van der Waals surface area contributed by atoms with E-state index in [0.29, 0.717) is 23.1 Å². The fraction of sp³-hybridized carbons (Fsp3) is 0.333. The molecule has 0 spiro atoms. The summed E-state index contributed by atoms with van der Waals surface area (Å²) in [6, 6.07) is 14.9. The van der Waals surface area contributed by atoms with E-state index in [-0.39, 0.29) is 12.5 Å². The van der Waals surface area contributed by atoms with Gasteiger partial charge in [-0.05, 0) is 41.2 Å². The molecule has 5 heteroatoms. The standard InChI is InChI=1S/C21H26N2O3/c1-14(2)16-9-11-17(12-10-16)21(25)23-22-20(24)13-26-19-8-6-5-7-18(19)15(3)4/h5-12,14-15H,13H2,1-4H3,(H,22,24)(H,23,25). The second-order valence-electron chi connectivity index (χ2n) is 6.76. The van der Waals surface area contributed by atoms with Crippen molar-refractivity contribution in [2.45, 2.75) is 39.5 Å². The minimum Gasteiger partial charge on any atom is -0.483 e. The highest BCUT2D eigenvalue weighted by atomic mass is 16.5. The fourth-order valence-electron chi connectivity index (χ4n) is 2.49. The highest BCUT2D eigenvalue weighted by molar-refractivity contribution is 5.95. The predicted molar refractivity (Wildman–Crippen MR) is 102 cm³/mol. The molecule has 2 N–H and O–H groups in total. The lowest BCUT2D eigenvalue weighted by molar-refractivity contribution is -0.123. The monoisotopic (exact) mass is 354 g/mol. The van der Waals surface area contributed by atoms with Crippen molar-refractivity contribution in [1.29, 1.82) is 0 Å². The van der Waals surface area contributed by atoms with Crippen molar-refractivity contribution in [3.63, 3.8) is 0 Å². The molecule has 0 aromatic heterocycles. The summed E-state index contributed by atoms with van der Waals surface area (Å²) < 4.78 is 5.58. The van der Waals surface area contributed by atoms with E-state index in [4.69, 9.17) is 4.74 Å². The second kappa shape index (κ2) is 9.04. The third-order valence-corrected chi connectivity index (χ3v) is 4.05. The van der Waals surface area contributed by atoms with E-state index >= 15 is 0 Å². The number of carbonyl (C=O) groups excluding carboxylic acids is 2. The van der Waals surface area contributed by atoms with Crippen LogP contribution in [0.25, 0.3) is 0 Å². The van der Waals surface area contributed by atoms with Gasteiger partial charge in [0, 0.05) is 5.56 Å². The van der Waals surface area contributed by atoms with Crippen LogP contribution in [0.3, 0.4) is 0 Å². The van der Waals surface area contributed by atoms with Crippen LogP contribution in [0.4, 0.5) is 0 Å². The van der Waals surface area contributed by atoms with Gasteiger partial charge in [0.2, 0.25) is 0 Å². The van der Waals surface area contributed by atoms with Gasteiger partial charge in [0.05, 0.1) is 0 Å². The van der Waals surface area contributed by atoms with Crippen molar-refractivity contribution in [1.82, 2.24) is 10.9 Å². The van der Waals surface area contributed by atoms with Crippen LogP contribution in [-0.2, 0) is 4.79 Å². The molecule has 0 aliphatic carbocycles. The molecule has 0 heterocycles. The maximum atomic E-state index is 12.1. The summed E-state index contributed by atoms with van der Waals surface area (Å²) in [6.07, 6.45) is 0. The van der Waals surface area contributed by atoms with Crippen LogP contribution in [0.1, 0.15) is 61.0 Å². The van der Waals surface area contributed by atoms with E-state index in [1.165, 1.54) is 0 Å². The van der Waals surface area contributed by atoms with Crippen LogP contribution in [-0.4, -0.2) is 18.4 Å². The summed E-state index contributed by atoms with van der Waals surface area (Å²) in [5.41, 5.74) is 7.46. The van der Waals surface area contributed by atoms with Crippen molar-refractivity contribution in [2.75, 3.05) is 6.61 Å². The van der Waals surface area contributed by atoms with Crippen LogP contribution < -0.4 is 15.6 Å². The van der Waals surface area contributed by atoms with E-state index in [9.17, 15) is 9.59 Å². The number of rotatable bonds is 6. The predicted octanol–water partition coefficient (Wildman–Crippen LogP) is 3.77. The first kappa shape index (κ1) is 19.5. The van der Waals surface area contributed by atoms with Gasteiger partial charge in [0.15, 0.2) is 6.61 Å². The first-order chi connectivity index (χ1) is 12.4. The SMILES string of the molecule is CC(C)c1ccc(C(=O)NNC(=O)COc2ccccc2C(C)C)cc1. The zero-order valence-corrected chi connectivity index (χ0v) is 15.7. The van der Waals surface area contributed by atoms with E-state index in [0.717, 1.165) is 11.1 Å². The van der Waals surface area contributed by atoms with Crippen molar-refractivity contribution < 1.29 is 14.3 Å². The number of hydrazine groups is 1. The van der Waals surface area contributed by atoms with Gasteiger partial charge in [-0.25, -0.2) is 0 Å². The van der Waals surface area contributed by atoms with Crippen LogP contribution in [0.15, 0.2) is 48.5 Å². The Hall–Kier alpha value is -2.82. The van der Waals surface area contributed by atoms with Crippen LogP contribution >= 0.6 is 0 Å². The smallest absolute Gasteiger partial charge is 0.276 e. The third-order valence-electron chi connectivity index (χ3n) is 4.05. The topological polar surface area (TPSA) is 67.4 Å².